The molecule has 0 aliphatic carbocycles. The van der Waals surface area contributed by atoms with Crippen molar-refractivity contribution >= 4 is 63.8 Å². The lowest BCUT2D eigenvalue weighted by Gasteiger charge is -2.19. The summed E-state index contributed by atoms with van der Waals surface area (Å²) in [6.45, 7) is 0.461. The van der Waals surface area contributed by atoms with Crippen molar-refractivity contribution in [2.24, 2.45) is 0 Å². The Kier molecular flexibility index (Phi) is 5.01. The number of carboxylic acids is 1. The van der Waals surface area contributed by atoms with Crippen LogP contribution in [0.3, 0.4) is 0 Å². The second-order valence-corrected chi connectivity index (χ2v) is 8.30. The Bertz CT molecular complexity index is 1090. The zero-order valence-electron chi connectivity index (χ0n) is 13.6. The first-order valence-electron chi connectivity index (χ1n) is 7.79. The van der Waals surface area contributed by atoms with Crippen LogP contribution in [0.25, 0.3) is 17.3 Å². The molecule has 27 heavy (non-hydrogen) atoms. The molecule has 0 saturated carbocycles. The zero-order chi connectivity index (χ0) is 19.1. The van der Waals surface area contributed by atoms with E-state index in [9.17, 15) is 9.90 Å². The van der Waals surface area contributed by atoms with Crippen LogP contribution in [0.2, 0.25) is 14.4 Å². The number of carboxylic acid groups (broad SMARTS) is 1. The number of thiophene rings is 1. The molecule has 4 rings (SSSR count). The minimum Gasteiger partial charge on any atom is -0.476 e. The highest BCUT2D eigenvalue weighted by Gasteiger charge is 2.29. The first-order chi connectivity index (χ1) is 13.0. The summed E-state index contributed by atoms with van der Waals surface area (Å²) >= 11 is 19.9. The first kappa shape index (κ1) is 18.5. The summed E-state index contributed by atoms with van der Waals surface area (Å²) in [7, 11) is 0. The van der Waals surface area contributed by atoms with Gasteiger partial charge in [0, 0.05) is 16.0 Å². The average molecular weight is 442 g/mol. The molecule has 2 aromatic heterocycles. The van der Waals surface area contributed by atoms with Gasteiger partial charge in [-0.2, -0.15) is 5.10 Å². The molecule has 1 aliphatic rings. The number of ether oxygens (including phenoxy) is 1. The molecule has 1 aromatic carbocycles. The molecule has 138 valence electrons. The van der Waals surface area contributed by atoms with E-state index in [1.165, 1.54) is 16.0 Å². The van der Waals surface area contributed by atoms with Gasteiger partial charge in [-0.15, -0.1) is 11.3 Å². The van der Waals surface area contributed by atoms with E-state index < -0.39 is 5.97 Å². The van der Waals surface area contributed by atoms with Crippen LogP contribution in [-0.4, -0.2) is 27.5 Å². The number of carbonyl (C=O) groups is 1. The van der Waals surface area contributed by atoms with Crippen molar-refractivity contribution in [1.29, 1.82) is 0 Å². The fraction of sp³-hybridized carbons (Fsp3) is 0.111. The predicted molar refractivity (Wildman–Crippen MR) is 107 cm³/mol. The molecule has 0 unspecified atom stereocenters. The molecular weight excluding hydrogens is 431 g/mol. The average Bonchev–Trinajstić information content (AvgIpc) is 3.22. The molecule has 0 atom stereocenters. The van der Waals surface area contributed by atoms with Gasteiger partial charge in [0.25, 0.3) is 0 Å². The molecule has 0 spiro atoms. The summed E-state index contributed by atoms with van der Waals surface area (Å²) in [5, 5.41) is 14.5. The van der Waals surface area contributed by atoms with E-state index in [2.05, 4.69) is 5.10 Å². The Labute approximate surface area is 173 Å². The van der Waals surface area contributed by atoms with Crippen molar-refractivity contribution in [2.75, 3.05) is 6.61 Å². The molecular formula is C18H11Cl3N2O3S. The van der Waals surface area contributed by atoms with Crippen LogP contribution in [0, 0.1) is 0 Å². The van der Waals surface area contributed by atoms with Gasteiger partial charge in [0.05, 0.1) is 39.0 Å². The number of rotatable bonds is 3. The molecule has 0 bridgehead atoms. The van der Waals surface area contributed by atoms with E-state index in [4.69, 9.17) is 39.5 Å². The van der Waals surface area contributed by atoms with Crippen LogP contribution in [0.15, 0.2) is 30.3 Å². The maximum Gasteiger partial charge on any atom is 0.356 e. The number of aromatic nitrogens is 2. The molecule has 0 fully saturated rings. The van der Waals surface area contributed by atoms with Crippen LogP contribution >= 0.6 is 46.1 Å². The van der Waals surface area contributed by atoms with Gasteiger partial charge in [-0.3, -0.25) is 0 Å². The molecule has 1 aliphatic heterocycles. The summed E-state index contributed by atoms with van der Waals surface area (Å²) in [4.78, 5) is 12.6. The molecule has 0 saturated heterocycles. The summed E-state index contributed by atoms with van der Waals surface area (Å²) in [5.41, 5.74) is 2.36. The van der Waals surface area contributed by atoms with Crippen molar-refractivity contribution in [3.8, 4) is 5.69 Å². The fourth-order valence-corrected chi connectivity index (χ4v) is 4.34. The third-order valence-electron chi connectivity index (χ3n) is 4.06. The Morgan fingerprint density at radius 2 is 2.04 bits per heavy atom. The SMILES string of the molecule is O=C(O)c1nn(-c2cccc(Cl)c2Cl)c2c1COCC2=Cc1ccc(Cl)s1. The maximum atomic E-state index is 11.7. The quantitative estimate of drug-likeness (QED) is 0.569. The third kappa shape index (κ3) is 3.39. The second-order valence-electron chi connectivity index (χ2n) is 5.77. The van der Waals surface area contributed by atoms with Crippen molar-refractivity contribution in [3.05, 3.63) is 66.5 Å². The number of halogens is 3. The summed E-state index contributed by atoms with van der Waals surface area (Å²) < 4.78 is 7.80. The molecule has 5 nitrogen and oxygen atoms in total. The van der Waals surface area contributed by atoms with Crippen molar-refractivity contribution in [3.63, 3.8) is 0 Å². The highest BCUT2D eigenvalue weighted by atomic mass is 35.5. The second kappa shape index (κ2) is 7.30. The Morgan fingerprint density at radius 1 is 1.22 bits per heavy atom. The molecule has 3 heterocycles. The molecule has 0 amide bonds. The van der Waals surface area contributed by atoms with Crippen LogP contribution in [-0.2, 0) is 11.3 Å². The van der Waals surface area contributed by atoms with Gasteiger partial charge in [0.2, 0.25) is 0 Å². The van der Waals surface area contributed by atoms with E-state index >= 15 is 0 Å². The Balaban J connectivity index is 1.97. The number of hydrogen-bond acceptors (Lipinski definition) is 4. The van der Waals surface area contributed by atoms with Gasteiger partial charge in [-0.25, -0.2) is 9.48 Å². The summed E-state index contributed by atoms with van der Waals surface area (Å²) in [6, 6.07) is 8.83. The smallest absolute Gasteiger partial charge is 0.356 e. The van der Waals surface area contributed by atoms with Crippen molar-refractivity contribution in [2.45, 2.75) is 6.61 Å². The van der Waals surface area contributed by atoms with E-state index in [-0.39, 0.29) is 12.3 Å². The van der Waals surface area contributed by atoms with Crippen LogP contribution < -0.4 is 0 Å². The highest BCUT2D eigenvalue weighted by Crippen LogP contribution is 2.36. The lowest BCUT2D eigenvalue weighted by molar-refractivity contribution is 0.0683. The van der Waals surface area contributed by atoms with E-state index in [1.807, 2.05) is 12.1 Å². The van der Waals surface area contributed by atoms with Gasteiger partial charge >= 0.3 is 5.97 Å². The van der Waals surface area contributed by atoms with Crippen molar-refractivity contribution < 1.29 is 14.6 Å². The van der Waals surface area contributed by atoms with Crippen LogP contribution in [0.5, 0.6) is 0 Å². The lowest BCUT2D eigenvalue weighted by atomic mass is 10.0. The fourth-order valence-electron chi connectivity index (χ4n) is 2.94. The molecule has 3 aromatic rings. The monoisotopic (exact) mass is 440 g/mol. The number of benzene rings is 1. The largest absolute Gasteiger partial charge is 0.476 e. The van der Waals surface area contributed by atoms with E-state index in [0.717, 1.165) is 10.5 Å². The van der Waals surface area contributed by atoms with E-state index in [0.29, 0.717) is 37.9 Å². The lowest BCUT2D eigenvalue weighted by Crippen LogP contribution is -2.13. The Morgan fingerprint density at radius 3 is 2.74 bits per heavy atom. The van der Waals surface area contributed by atoms with E-state index in [1.54, 1.807) is 24.3 Å². The standard InChI is InChI=1S/C18H11Cl3N2O3S/c19-12-2-1-3-13(15(12)21)23-17-9(6-10-4-5-14(20)27-10)7-26-8-11(17)16(22-23)18(24)25/h1-6H,7-8H2,(H,24,25). The molecule has 9 heteroatoms. The van der Waals surface area contributed by atoms with Gasteiger partial charge in [0.15, 0.2) is 5.69 Å². The first-order valence-corrected chi connectivity index (χ1v) is 9.74. The topological polar surface area (TPSA) is 64.3 Å². The third-order valence-corrected chi connectivity index (χ3v) is 6.05. The number of aromatic carboxylic acids is 1. The summed E-state index contributed by atoms with van der Waals surface area (Å²) in [6.07, 6.45) is 1.91. The van der Waals surface area contributed by atoms with Gasteiger partial charge in [0.1, 0.15) is 0 Å². The summed E-state index contributed by atoms with van der Waals surface area (Å²) in [5.74, 6) is -1.13. The van der Waals surface area contributed by atoms with Gasteiger partial charge in [-0.05, 0) is 30.3 Å². The van der Waals surface area contributed by atoms with Crippen LogP contribution in [0.1, 0.15) is 26.6 Å². The van der Waals surface area contributed by atoms with Crippen molar-refractivity contribution in [1.82, 2.24) is 9.78 Å². The van der Waals surface area contributed by atoms with Gasteiger partial charge < -0.3 is 9.84 Å². The highest BCUT2D eigenvalue weighted by molar-refractivity contribution is 7.17. The maximum absolute atomic E-state index is 11.7. The normalized spacial score (nSPS) is 15.1. The predicted octanol–water partition coefficient (Wildman–Crippen LogP) is 5.66. The minimum atomic E-state index is -1.13. The molecule has 0 radical (unpaired) electrons. The van der Waals surface area contributed by atoms with Crippen LogP contribution in [0.4, 0.5) is 0 Å². The minimum absolute atomic E-state index is 0.0733. The zero-order valence-corrected chi connectivity index (χ0v) is 16.7. The number of hydrogen-bond donors (Lipinski definition) is 1. The van der Waals surface area contributed by atoms with Gasteiger partial charge in [-0.1, -0.05) is 40.9 Å². The number of nitrogens with zero attached hydrogens (tertiary/aromatic N) is 2. The Hall–Kier alpha value is -1.83. The number of fused-ring (bicyclic) bond motifs is 1. The molecule has 1 N–H and O–H groups in total.